The van der Waals surface area contributed by atoms with Crippen LogP contribution in [0.4, 0.5) is 0 Å². The summed E-state index contributed by atoms with van der Waals surface area (Å²) in [6.45, 7) is 2.00. The molecule has 0 saturated heterocycles. The Morgan fingerprint density at radius 3 is 3.00 bits per heavy atom. The van der Waals surface area contributed by atoms with E-state index in [1.54, 1.807) is 0 Å². The molecule has 1 rings (SSSR count). The van der Waals surface area contributed by atoms with E-state index in [2.05, 4.69) is 22.0 Å². The third-order valence-corrected chi connectivity index (χ3v) is 2.30. The first-order valence-electron chi connectivity index (χ1n) is 3.09. The summed E-state index contributed by atoms with van der Waals surface area (Å²) in [5.74, 6) is 0. The summed E-state index contributed by atoms with van der Waals surface area (Å²) in [5, 5.41) is 0.820. The molecule has 0 aliphatic heterocycles. The van der Waals surface area contributed by atoms with Crippen molar-refractivity contribution in [1.29, 1.82) is 0 Å². The smallest absolute Gasteiger partial charge is 0.0443 e. The molecule has 0 N–H and O–H groups in total. The third kappa shape index (κ3) is 1.99. The number of allylic oxidation sites excluding steroid dienone is 6. The fourth-order valence-electron chi connectivity index (χ4n) is 0.738. The third-order valence-electron chi connectivity index (χ3n) is 1.34. The number of hydrogen-bond donors (Lipinski definition) is 0. The predicted octanol–water partition coefficient (Wildman–Crippen LogP) is 3.74. The van der Waals surface area contributed by atoms with Gasteiger partial charge in [0.25, 0.3) is 0 Å². The highest BCUT2D eigenvalue weighted by atomic mass is 79.9. The molecule has 0 amide bonds. The van der Waals surface area contributed by atoms with E-state index in [1.165, 1.54) is 0 Å². The summed E-state index contributed by atoms with van der Waals surface area (Å²) < 4.78 is 1.13. The molecule has 0 nitrogen and oxygen atoms in total. The Morgan fingerprint density at radius 1 is 1.60 bits per heavy atom. The van der Waals surface area contributed by atoms with Crippen LogP contribution in [0.5, 0.6) is 0 Å². The minimum Gasteiger partial charge on any atom is -0.0840 e. The summed E-state index contributed by atoms with van der Waals surface area (Å²) in [7, 11) is 0. The maximum Gasteiger partial charge on any atom is 0.0443 e. The van der Waals surface area contributed by atoms with Crippen LogP contribution in [-0.2, 0) is 0 Å². The lowest BCUT2D eigenvalue weighted by Crippen LogP contribution is -1.69. The lowest BCUT2D eigenvalue weighted by molar-refractivity contribution is 1.37. The second-order valence-electron chi connectivity index (χ2n) is 2.23. The van der Waals surface area contributed by atoms with Crippen LogP contribution in [0.1, 0.15) is 13.3 Å². The molecule has 1 aliphatic carbocycles. The molecule has 10 heavy (non-hydrogen) atoms. The molecular formula is C8H8BrCl. The standard InChI is InChI=1S/C8H8BrCl/c1-6-3-2-4-7(9)5-8(6)10/h2-3,5H,4H2,1H3. The van der Waals surface area contributed by atoms with Crippen molar-refractivity contribution in [3.8, 4) is 0 Å². The maximum atomic E-state index is 5.89. The Labute approximate surface area is 74.4 Å². The van der Waals surface area contributed by atoms with Crippen molar-refractivity contribution in [1.82, 2.24) is 0 Å². The molecule has 0 heterocycles. The molecule has 0 aromatic rings. The highest BCUT2D eigenvalue weighted by Crippen LogP contribution is 2.23. The van der Waals surface area contributed by atoms with Gasteiger partial charge in [0, 0.05) is 9.51 Å². The number of rotatable bonds is 0. The van der Waals surface area contributed by atoms with Crippen molar-refractivity contribution in [3.05, 3.63) is 33.3 Å². The molecule has 54 valence electrons. The molecule has 0 unspecified atom stereocenters. The van der Waals surface area contributed by atoms with Crippen molar-refractivity contribution >= 4 is 27.5 Å². The Bertz CT molecular complexity index is 223. The Hall–Kier alpha value is -0.0100. The Kier molecular flexibility index (Phi) is 2.75. The van der Waals surface area contributed by atoms with Crippen molar-refractivity contribution < 1.29 is 0 Å². The zero-order valence-corrected chi connectivity index (χ0v) is 8.04. The van der Waals surface area contributed by atoms with E-state index in [0.717, 1.165) is 21.5 Å². The lowest BCUT2D eigenvalue weighted by Gasteiger charge is -1.91. The van der Waals surface area contributed by atoms with Crippen LogP contribution >= 0.6 is 27.5 Å². The van der Waals surface area contributed by atoms with E-state index in [9.17, 15) is 0 Å². The second kappa shape index (κ2) is 3.40. The summed E-state index contributed by atoms with van der Waals surface area (Å²) in [5.41, 5.74) is 1.12. The highest BCUT2D eigenvalue weighted by Gasteiger charge is 1.98. The zero-order valence-electron chi connectivity index (χ0n) is 5.70. The van der Waals surface area contributed by atoms with Crippen LogP contribution in [0.3, 0.4) is 0 Å². The second-order valence-corrected chi connectivity index (χ2v) is 3.65. The van der Waals surface area contributed by atoms with Gasteiger partial charge in [-0.15, -0.1) is 0 Å². The zero-order chi connectivity index (χ0) is 7.56. The number of hydrogen-bond acceptors (Lipinski definition) is 0. The topological polar surface area (TPSA) is 0 Å². The van der Waals surface area contributed by atoms with Crippen molar-refractivity contribution in [3.63, 3.8) is 0 Å². The van der Waals surface area contributed by atoms with Gasteiger partial charge in [-0.1, -0.05) is 39.7 Å². The molecule has 0 saturated carbocycles. The fourth-order valence-corrected chi connectivity index (χ4v) is 1.48. The molecule has 0 fully saturated rings. The largest absolute Gasteiger partial charge is 0.0840 e. The quantitative estimate of drug-likeness (QED) is 0.582. The van der Waals surface area contributed by atoms with Crippen LogP contribution in [-0.4, -0.2) is 0 Å². The first kappa shape index (κ1) is 8.09. The van der Waals surface area contributed by atoms with E-state index in [0.29, 0.717) is 0 Å². The van der Waals surface area contributed by atoms with Gasteiger partial charge in [0.15, 0.2) is 0 Å². The van der Waals surface area contributed by atoms with Gasteiger partial charge < -0.3 is 0 Å². The molecule has 0 spiro atoms. The highest BCUT2D eigenvalue weighted by molar-refractivity contribution is 9.11. The van der Waals surface area contributed by atoms with Crippen molar-refractivity contribution in [2.45, 2.75) is 13.3 Å². The van der Waals surface area contributed by atoms with Gasteiger partial charge in [-0.05, 0) is 25.0 Å². The van der Waals surface area contributed by atoms with Gasteiger partial charge in [-0.2, -0.15) is 0 Å². The number of halogens is 2. The minimum absolute atomic E-state index is 0.820. The Balaban J connectivity index is 2.98. The summed E-state index contributed by atoms with van der Waals surface area (Å²) in [6, 6.07) is 0. The molecule has 0 bridgehead atoms. The Morgan fingerprint density at radius 2 is 2.30 bits per heavy atom. The molecule has 0 radical (unpaired) electrons. The molecule has 0 atom stereocenters. The average Bonchev–Trinajstić information content (AvgIpc) is 1.96. The summed E-state index contributed by atoms with van der Waals surface area (Å²) >= 11 is 9.29. The maximum absolute atomic E-state index is 5.89. The van der Waals surface area contributed by atoms with Crippen LogP contribution in [0.2, 0.25) is 0 Å². The van der Waals surface area contributed by atoms with E-state index in [4.69, 9.17) is 11.6 Å². The van der Waals surface area contributed by atoms with Crippen LogP contribution in [0.15, 0.2) is 33.3 Å². The monoisotopic (exact) mass is 218 g/mol. The minimum atomic E-state index is 0.820. The molecule has 0 aromatic heterocycles. The van der Waals surface area contributed by atoms with Gasteiger partial charge in [-0.25, -0.2) is 0 Å². The van der Waals surface area contributed by atoms with E-state index in [-0.39, 0.29) is 0 Å². The van der Waals surface area contributed by atoms with Crippen LogP contribution in [0, 0.1) is 0 Å². The molecule has 1 aliphatic rings. The van der Waals surface area contributed by atoms with Crippen molar-refractivity contribution in [2.24, 2.45) is 0 Å². The van der Waals surface area contributed by atoms with Crippen molar-refractivity contribution in [2.75, 3.05) is 0 Å². The van der Waals surface area contributed by atoms with E-state index < -0.39 is 0 Å². The summed E-state index contributed by atoms with van der Waals surface area (Å²) in [4.78, 5) is 0. The van der Waals surface area contributed by atoms with Gasteiger partial charge in [-0.3, -0.25) is 0 Å². The first-order chi connectivity index (χ1) is 4.70. The lowest BCUT2D eigenvalue weighted by atomic mass is 10.3. The molecule has 2 heteroatoms. The van der Waals surface area contributed by atoms with Crippen LogP contribution < -0.4 is 0 Å². The fraction of sp³-hybridized carbons (Fsp3) is 0.250. The normalized spacial score (nSPS) is 18.9. The van der Waals surface area contributed by atoms with Gasteiger partial charge in [0.1, 0.15) is 0 Å². The van der Waals surface area contributed by atoms with E-state index in [1.807, 2.05) is 19.1 Å². The van der Waals surface area contributed by atoms with E-state index >= 15 is 0 Å². The predicted molar refractivity (Wildman–Crippen MR) is 49.3 cm³/mol. The SMILES string of the molecule is CC1=C(Cl)C=C(Br)CC=C1. The van der Waals surface area contributed by atoms with Gasteiger partial charge >= 0.3 is 0 Å². The van der Waals surface area contributed by atoms with Gasteiger partial charge in [0.05, 0.1) is 0 Å². The van der Waals surface area contributed by atoms with Gasteiger partial charge in [0.2, 0.25) is 0 Å². The molecule has 0 aromatic carbocycles. The molecular weight excluding hydrogens is 211 g/mol. The first-order valence-corrected chi connectivity index (χ1v) is 4.26. The van der Waals surface area contributed by atoms with Crippen LogP contribution in [0.25, 0.3) is 0 Å². The average molecular weight is 220 g/mol. The summed E-state index contributed by atoms with van der Waals surface area (Å²) in [6.07, 6.45) is 7.00.